The van der Waals surface area contributed by atoms with Crippen LogP contribution in [0.15, 0.2) is 24.8 Å². The number of anilines is 1. The first-order chi connectivity index (χ1) is 10.8. The average Bonchev–Trinajstić information content (AvgIpc) is 2.87. The number of allylic oxidation sites excluding steroid dienone is 1. The second kappa shape index (κ2) is 5.91. The highest BCUT2D eigenvalue weighted by Gasteiger charge is 2.28. The van der Waals surface area contributed by atoms with Crippen molar-refractivity contribution in [2.45, 2.75) is 39.2 Å². The van der Waals surface area contributed by atoms with E-state index in [9.17, 15) is 4.79 Å². The molecule has 4 heteroatoms. The number of amides is 1. The normalized spacial score (nSPS) is 18.1. The van der Waals surface area contributed by atoms with Gasteiger partial charge in [0.15, 0.2) is 0 Å². The molecule has 23 heavy (non-hydrogen) atoms. The van der Waals surface area contributed by atoms with E-state index < -0.39 is 5.60 Å². The fourth-order valence-electron chi connectivity index (χ4n) is 3.33. The van der Waals surface area contributed by atoms with Crippen LogP contribution in [0.4, 0.5) is 10.5 Å². The largest absolute Gasteiger partial charge is 0.444 e. The SMILES string of the molecule is C=C1CCc2c1cccc2N1CCN(C(=O)OC(C)(C)C)CC1. The Kier molecular flexibility index (Phi) is 4.09. The minimum absolute atomic E-state index is 0.205. The smallest absolute Gasteiger partial charge is 0.410 e. The van der Waals surface area contributed by atoms with Crippen molar-refractivity contribution in [1.29, 1.82) is 0 Å². The number of carbonyl (C=O) groups excluding carboxylic acids is 1. The number of rotatable bonds is 1. The molecule has 1 amide bonds. The monoisotopic (exact) mass is 314 g/mol. The second-order valence-electron chi connectivity index (χ2n) is 7.36. The van der Waals surface area contributed by atoms with E-state index in [0.29, 0.717) is 13.1 Å². The number of ether oxygens (including phenoxy) is 1. The van der Waals surface area contributed by atoms with E-state index >= 15 is 0 Å². The summed E-state index contributed by atoms with van der Waals surface area (Å²) in [5.41, 5.74) is 4.86. The Hall–Kier alpha value is -1.97. The summed E-state index contributed by atoms with van der Waals surface area (Å²) < 4.78 is 5.46. The molecule has 3 rings (SSSR count). The summed E-state index contributed by atoms with van der Waals surface area (Å²) in [5, 5.41) is 0. The molecule has 1 aliphatic carbocycles. The van der Waals surface area contributed by atoms with Crippen LogP contribution in [0.1, 0.15) is 38.3 Å². The lowest BCUT2D eigenvalue weighted by Crippen LogP contribution is -2.50. The zero-order valence-corrected chi connectivity index (χ0v) is 14.4. The van der Waals surface area contributed by atoms with Gasteiger partial charge in [0.1, 0.15) is 5.60 Å². The van der Waals surface area contributed by atoms with E-state index in [4.69, 9.17) is 4.74 Å². The van der Waals surface area contributed by atoms with Gasteiger partial charge >= 0.3 is 6.09 Å². The summed E-state index contributed by atoms with van der Waals surface area (Å²) in [4.78, 5) is 16.4. The third kappa shape index (κ3) is 3.36. The van der Waals surface area contributed by atoms with Gasteiger partial charge in [-0.3, -0.25) is 0 Å². The van der Waals surface area contributed by atoms with Crippen LogP contribution in [-0.2, 0) is 11.2 Å². The fraction of sp³-hybridized carbons (Fsp3) is 0.526. The molecule has 1 saturated heterocycles. The molecular weight excluding hydrogens is 288 g/mol. The molecule has 1 heterocycles. The number of hydrogen-bond acceptors (Lipinski definition) is 3. The molecule has 1 aliphatic heterocycles. The van der Waals surface area contributed by atoms with Crippen molar-refractivity contribution in [2.24, 2.45) is 0 Å². The molecule has 0 saturated carbocycles. The highest BCUT2D eigenvalue weighted by Crippen LogP contribution is 2.37. The number of nitrogens with zero attached hydrogens (tertiary/aromatic N) is 2. The average molecular weight is 314 g/mol. The molecule has 0 bridgehead atoms. The molecule has 1 aromatic rings. The Morgan fingerprint density at radius 2 is 1.83 bits per heavy atom. The highest BCUT2D eigenvalue weighted by molar-refractivity contribution is 5.77. The molecule has 4 nitrogen and oxygen atoms in total. The second-order valence-corrected chi connectivity index (χ2v) is 7.36. The molecule has 0 unspecified atom stereocenters. The number of benzene rings is 1. The van der Waals surface area contributed by atoms with Crippen molar-refractivity contribution in [3.63, 3.8) is 0 Å². The number of piperazine rings is 1. The van der Waals surface area contributed by atoms with Crippen LogP contribution in [0.5, 0.6) is 0 Å². The Morgan fingerprint density at radius 1 is 1.13 bits per heavy atom. The first-order valence-corrected chi connectivity index (χ1v) is 8.38. The fourth-order valence-corrected chi connectivity index (χ4v) is 3.33. The van der Waals surface area contributed by atoms with Crippen molar-refractivity contribution in [3.05, 3.63) is 35.9 Å². The van der Waals surface area contributed by atoms with Gasteiger partial charge in [-0.2, -0.15) is 0 Å². The minimum Gasteiger partial charge on any atom is -0.444 e. The molecular formula is C19H26N2O2. The van der Waals surface area contributed by atoms with Crippen molar-refractivity contribution >= 4 is 17.4 Å². The third-order valence-electron chi connectivity index (χ3n) is 4.48. The lowest BCUT2D eigenvalue weighted by atomic mass is 10.1. The maximum atomic E-state index is 12.2. The van der Waals surface area contributed by atoms with Crippen LogP contribution in [0, 0.1) is 0 Å². The predicted molar refractivity (Wildman–Crippen MR) is 93.8 cm³/mol. The summed E-state index contributed by atoms with van der Waals surface area (Å²) in [6.45, 7) is 13.0. The van der Waals surface area contributed by atoms with Gasteiger partial charge in [0.25, 0.3) is 0 Å². The molecule has 124 valence electrons. The zero-order valence-electron chi connectivity index (χ0n) is 14.4. The quantitative estimate of drug-likeness (QED) is 0.792. The van der Waals surface area contributed by atoms with E-state index in [1.165, 1.54) is 22.4 Å². The standard InChI is InChI=1S/C19H26N2O2/c1-14-8-9-16-15(14)6-5-7-17(16)20-10-12-21(13-11-20)18(22)23-19(2,3)4/h5-7H,1,8-13H2,2-4H3. The zero-order chi connectivity index (χ0) is 16.6. The van der Waals surface area contributed by atoms with Gasteiger partial charge in [-0.25, -0.2) is 4.79 Å². The Labute approximate surface area is 138 Å². The Balaban J connectivity index is 1.66. The number of carbonyl (C=O) groups is 1. The molecule has 0 aromatic heterocycles. The van der Waals surface area contributed by atoms with Gasteiger partial charge in [0, 0.05) is 31.9 Å². The van der Waals surface area contributed by atoms with Crippen LogP contribution >= 0.6 is 0 Å². The molecule has 0 N–H and O–H groups in total. The summed E-state index contributed by atoms with van der Waals surface area (Å²) in [5.74, 6) is 0. The minimum atomic E-state index is -0.436. The lowest BCUT2D eigenvalue weighted by molar-refractivity contribution is 0.0240. The van der Waals surface area contributed by atoms with E-state index in [2.05, 4.69) is 29.7 Å². The van der Waals surface area contributed by atoms with Crippen LogP contribution in [-0.4, -0.2) is 42.8 Å². The predicted octanol–water partition coefficient (Wildman–Crippen LogP) is 3.70. The molecule has 1 aromatic carbocycles. The van der Waals surface area contributed by atoms with E-state index in [1.807, 2.05) is 25.7 Å². The van der Waals surface area contributed by atoms with Crippen LogP contribution in [0.3, 0.4) is 0 Å². The van der Waals surface area contributed by atoms with E-state index in [-0.39, 0.29) is 6.09 Å². The number of fused-ring (bicyclic) bond motifs is 1. The van der Waals surface area contributed by atoms with Crippen molar-refractivity contribution in [3.8, 4) is 0 Å². The van der Waals surface area contributed by atoms with Gasteiger partial charge in [0.05, 0.1) is 0 Å². The first-order valence-electron chi connectivity index (χ1n) is 8.38. The maximum absolute atomic E-state index is 12.2. The molecule has 2 aliphatic rings. The molecule has 0 atom stereocenters. The Morgan fingerprint density at radius 3 is 2.48 bits per heavy atom. The van der Waals surface area contributed by atoms with Gasteiger partial charge in [-0.1, -0.05) is 18.7 Å². The molecule has 0 radical (unpaired) electrons. The van der Waals surface area contributed by atoms with Crippen LogP contribution in [0.25, 0.3) is 5.57 Å². The van der Waals surface area contributed by atoms with Gasteiger partial charge < -0.3 is 14.5 Å². The van der Waals surface area contributed by atoms with E-state index in [0.717, 1.165) is 25.9 Å². The van der Waals surface area contributed by atoms with E-state index in [1.54, 1.807) is 0 Å². The Bertz CT molecular complexity index is 623. The van der Waals surface area contributed by atoms with Crippen molar-refractivity contribution in [1.82, 2.24) is 4.90 Å². The topological polar surface area (TPSA) is 32.8 Å². The first kappa shape index (κ1) is 15.9. The summed E-state index contributed by atoms with van der Waals surface area (Å²) in [6.07, 6.45) is 1.93. The summed E-state index contributed by atoms with van der Waals surface area (Å²) in [6, 6.07) is 6.48. The third-order valence-corrected chi connectivity index (χ3v) is 4.48. The van der Waals surface area contributed by atoms with Gasteiger partial charge in [-0.05, 0) is 56.4 Å². The summed E-state index contributed by atoms with van der Waals surface area (Å²) >= 11 is 0. The van der Waals surface area contributed by atoms with Crippen molar-refractivity contribution in [2.75, 3.05) is 31.1 Å². The summed E-state index contributed by atoms with van der Waals surface area (Å²) in [7, 11) is 0. The van der Waals surface area contributed by atoms with Crippen LogP contribution < -0.4 is 4.90 Å². The lowest BCUT2D eigenvalue weighted by Gasteiger charge is -2.37. The highest BCUT2D eigenvalue weighted by atomic mass is 16.6. The van der Waals surface area contributed by atoms with Gasteiger partial charge in [0.2, 0.25) is 0 Å². The number of hydrogen-bond donors (Lipinski definition) is 0. The van der Waals surface area contributed by atoms with Gasteiger partial charge in [-0.15, -0.1) is 0 Å². The molecule has 1 fully saturated rings. The van der Waals surface area contributed by atoms with Crippen molar-refractivity contribution < 1.29 is 9.53 Å². The van der Waals surface area contributed by atoms with Crippen LogP contribution in [0.2, 0.25) is 0 Å². The maximum Gasteiger partial charge on any atom is 0.410 e. The molecule has 0 spiro atoms.